The van der Waals surface area contributed by atoms with Crippen LogP contribution in [0, 0.1) is 20.8 Å². The van der Waals surface area contributed by atoms with E-state index in [0.29, 0.717) is 34.2 Å². The number of ether oxygens (including phenoxy) is 1. The Morgan fingerprint density at radius 1 is 0.864 bits per heavy atom. The zero-order chi connectivity index (χ0) is 30.8. The molecule has 1 saturated heterocycles. The topological polar surface area (TPSA) is 100 Å². The molecule has 2 N–H and O–H groups in total. The van der Waals surface area contributed by atoms with E-state index in [1.807, 2.05) is 63.4 Å². The van der Waals surface area contributed by atoms with Gasteiger partial charge in [-0.1, -0.05) is 29.8 Å². The Labute approximate surface area is 257 Å². The molecule has 5 aromatic rings. The lowest BCUT2D eigenvalue weighted by atomic mass is 10.1. The highest BCUT2D eigenvalue weighted by molar-refractivity contribution is 6.04. The summed E-state index contributed by atoms with van der Waals surface area (Å²) in [6.45, 7) is 11.3. The fraction of sp³-hybridized carbons (Fsp3) is 0.294. The third-order valence-electron chi connectivity index (χ3n) is 8.11. The van der Waals surface area contributed by atoms with Crippen LogP contribution in [0.3, 0.4) is 0 Å². The lowest BCUT2D eigenvalue weighted by molar-refractivity contribution is 0.102. The second-order valence-electron chi connectivity index (χ2n) is 11.6. The number of rotatable bonds is 8. The van der Waals surface area contributed by atoms with Crippen molar-refractivity contribution in [2.45, 2.75) is 27.3 Å². The fourth-order valence-corrected chi connectivity index (χ4v) is 5.25. The second kappa shape index (κ2) is 12.4. The highest BCUT2D eigenvalue weighted by Gasteiger charge is 2.18. The second-order valence-corrected chi connectivity index (χ2v) is 11.6. The average molecular weight is 591 g/mol. The lowest BCUT2D eigenvalue weighted by Crippen LogP contribution is -2.43. The number of nitrogens with one attached hydrogen (secondary N) is 2. The maximum Gasteiger partial charge on any atom is 0.255 e. The smallest absolute Gasteiger partial charge is 0.255 e. The number of anilines is 3. The Bertz CT molecular complexity index is 1810. The van der Waals surface area contributed by atoms with Crippen LogP contribution in [0.2, 0.25) is 0 Å². The van der Waals surface area contributed by atoms with E-state index in [0.717, 1.165) is 60.8 Å². The van der Waals surface area contributed by atoms with Crippen molar-refractivity contribution in [2.24, 2.45) is 7.05 Å². The molecule has 1 aliphatic heterocycles. The molecule has 1 amide bonds. The quantitative estimate of drug-likeness (QED) is 0.233. The van der Waals surface area contributed by atoms with Gasteiger partial charge in [-0.3, -0.25) is 14.4 Å². The number of nitrogens with zero attached hydrogens (tertiary/aromatic N) is 6. The zero-order valence-corrected chi connectivity index (χ0v) is 25.9. The van der Waals surface area contributed by atoms with Gasteiger partial charge in [-0.05, 0) is 80.9 Å². The van der Waals surface area contributed by atoms with Gasteiger partial charge < -0.3 is 20.3 Å². The van der Waals surface area contributed by atoms with Crippen molar-refractivity contribution in [1.29, 1.82) is 0 Å². The number of carbonyl (C=O) groups excluding carboxylic acids is 1. The van der Waals surface area contributed by atoms with Crippen LogP contribution in [0.5, 0.6) is 11.6 Å². The van der Waals surface area contributed by atoms with Gasteiger partial charge in [0.15, 0.2) is 5.65 Å². The summed E-state index contributed by atoms with van der Waals surface area (Å²) in [7, 11) is 3.99. The van der Waals surface area contributed by atoms with Gasteiger partial charge in [0.25, 0.3) is 5.91 Å². The number of carbonyl (C=O) groups is 1. The van der Waals surface area contributed by atoms with Gasteiger partial charge in [-0.25, -0.2) is 0 Å². The molecule has 10 heteroatoms. The van der Waals surface area contributed by atoms with Crippen LogP contribution < -0.4 is 15.4 Å². The number of fused-ring (bicyclic) bond motifs is 1. The third kappa shape index (κ3) is 6.56. The van der Waals surface area contributed by atoms with E-state index in [1.54, 1.807) is 23.0 Å². The van der Waals surface area contributed by atoms with Crippen LogP contribution in [0.1, 0.15) is 32.6 Å². The monoisotopic (exact) mass is 590 g/mol. The van der Waals surface area contributed by atoms with E-state index < -0.39 is 0 Å². The first-order valence-electron chi connectivity index (χ1n) is 14.9. The van der Waals surface area contributed by atoms with Gasteiger partial charge in [0, 0.05) is 56.7 Å². The van der Waals surface area contributed by atoms with Crippen LogP contribution in [0.4, 0.5) is 17.3 Å². The first-order valence-corrected chi connectivity index (χ1v) is 14.9. The molecular weight excluding hydrogens is 552 g/mol. The van der Waals surface area contributed by atoms with Crippen LogP contribution >= 0.6 is 0 Å². The van der Waals surface area contributed by atoms with Crippen molar-refractivity contribution in [1.82, 2.24) is 29.5 Å². The molecule has 0 atom stereocenters. The predicted octanol–water partition coefficient (Wildman–Crippen LogP) is 5.82. The summed E-state index contributed by atoms with van der Waals surface area (Å²) in [5, 5.41) is 11.3. The molecule has 1 aliphatic rings. The van der Waals surface area contributed by atoms with Crippen molar-refractivity contribution >= 4 is 34.3 Å². The summed E-state index contributed by atoms with van der Waals surface area (Å²) < 4.78 is 8.04. The molecule has 0 spiro atoms. The fourth-order valence-electron chi connectivity index (χ4n) is 5.25. The van der Waals surface area contributed by atoms with Gasteiger partial charge in [0.1, 0.15) is 11.1 Å². The van der Waals surface area contributed by atoms with Gasteiger partial charge in [-0.2, -0.15) is 15.1 Å². The van der Waals surface area contributed by atoms with Gasteiger partial charge in [-0.15, -0.1) is 0 Å². The molecule has 3 aromatic carbocycles. The first-order chi connectivity index (χ1) is 21.2. The maximum absolute atomic E-state index is 13.3. The summed E-state index contributed by atoms with van der Waals surface area (Å²) in [6.07, 6.45) is 1.68. The van der Waals surface area contributed by atoms with Crippen LogP contribution in [0.25, 0.3) is 11.0 Å². The standard InChI is InChI=1S/C34H38N8O2/c1-22-6-11-27(12-7-22)37-34-38-31-29(20-35-41(31)5)33(39-34)44-30-19-25(9-8-23(30)2)32(43)36-28-13-10-26(24(3)18-28)21-42-16-14-40(4)15-17-42/h6-13,18-20H,14-17,21H2,1-5H3,(H,36,43)(H,37,38,39). The van der Waals surface area contributed by atoms with E-state index in [1.165, 1.54) is 5.56 Å². The molecule has 0 bridgehead atoms. The predicted molar refractivity (Wildman–Crippen MR) is 174 cm³/mol. The van der Waals surface area contributed by atoms with Crippen molar-refractivity contribution in [3.63, 3.8) is 0 Å². The molecule has 2 aromatic heterocycles. The number of likely N-dealkylation sites (N-methyl/N-ethyl adjacent to an activating group) is 1. The molecule has 44 heavy (non-hydrogen) atoms. The number of aryl methyl sites for hydroxylation is 4. The Kier molecular flexibility index (Phi) is 8.28. The molecular formula is C34H38N8O2. The Hall–Kier alpha value is -4.80. The molecule has 10 nitrogen and oxygen atoms in total. The average Bonchev–Trinajstić information content (AvgIpc) is 3.38. The van der Waals surface area contributed by atoms with Gasteiger partial charge >= 0.3 is 0 Å². The number of piperazine rings is 1. The lowest BCUT2D eigenvalue weighted by Gasteiger charge is -2.32. The third-order valence-corrected chi connectivity index (χ3v) is 8.11. The van der Waals surface area contributed by atoms with Crippen LogP contribution in [0.15, 0.2) is 66.9 Å². The molecule has 0 unspecified atom stereocenters. The summed E-state index contributed by atoms with van der Waals surface area (Å²) in [5.74, 6) is 1.06. The molecule has 6 rings (SSSR count). The minimum Gasteiger partial charge on any atom is -0.438 e. The number of aromatic nitrogens is 4. The number of amides is 1. The van der Waals surface area contributed by atoms with Gasteiger partial charge in [0.2, 0.25) is 11.8 Å². The van der Waals surface area contributed by atoms with Gasteiger partial charge in [0.05, 0.1) is 6.20 Å². The molecule has 3 heterocycles. The number of hydrogen-bond donors (Lipinski definition) is 2. The van der Waals surface area contributed by atoms with Crippen molar-refractivity contribution in [2.75, 3.05) is 43.9 Å². The number of benzene rings is 3. The minimum absolute atomic E-state index is 0.211. The van der Waals surface area contributed by atoms with E-state index >= 15 is 0 Å². The van der Waals surface area contributed by atoms with E-state index in [2.05, 4.69) is 55.5 Å². The molecule has 1 fully saturated rings. The first kappa shape index (κ1) is 29.3. The highest BCUT2D eigenvalue weighted by Crippen LogP contribution is 2.32. The summed E-state index contributed by atoms with van der Waals surface area (Å²) in [5.41, 5.74) is 7.21. The summed E-state index contributed by atoms with van der Waals surface area (Å²) >= 11 is 0. The van der Waals surface area contributed by atoms with E-state index in [4.69, 9.17) is 4.74 Å². The Morgan fingerprint density at radius 2 is 1.61 bits per heavy atom. The van der Waals surface area contributed by atoms with Crippen molar-refractivity contribution in [3.05, 3.63) is 94.7 Å². The highest BCUT2D eigenvalue weighted by atomic mass is 16.5. The molecule has 0 aliphatic carbocycles. The Morgan fingerprint density at radius 3 is 2.36 bits per heavy atom. The van der Waals surface area contributed by atoms with Crippen LogP contribution in [-0.4, -0.2) is 68.7 Å². The molecule has 0 saturated carbocycles. The van der Waals surface area contributed by atoms with Crippen molar-refractivity contribution in [3.8, 4) is 11.6 Å². The van der Waals surface area contributed by atoms with E-state index in [-0.39, 0.29) is 5.91 Å². The van der Waals surface area contributed by atoms with E-state index in [9.17, 15) is 4.79 Å². The zero-order valence-electron chi connectivity index (χ0n) is 25.9. The summed E-state index contributed by atoms with van der Waals surface area (Å²) in [6, 6.07) is 19.5. The normalized spacial score (nSPS) is 14.1. The Balaban J connectivity index is 1.19. The molecule has 226 valence electrons. The summed E-state index contributed by atoms with van der Waals surface area (Å²) in [4.78, 5) is 27.5. The minimum atomic E-state index is -0.211. The maximum atomic E-state index is 13.3. The number of hydrogen-bond acceptors (Lipinski definition) is 8. The van der Waals surface area contributed by atoms with Crippen molar-refractivity contribution < 1.29 is 9.53 Å². The molecule has 0 radical (unpaired) electrons. The SMILES string of the molecule is Cc1ccc(Nc2nc(Oc3cc(C(=O)Nc4ccc(CN5CCN(C)CC5)c(C)c4)ccc3C)c3cnn(C)c3n2)cc1. The van der Waals surface area contributed by atoms with Crippen LogP contribution in [-0.2, 0) is 13.6 Å². The largest absolute Gasteiger partial charge is 0.438 e.